The summed E-state index contributed by atoms with van der Waals surface area (Å²) >= 11 is 0. The van der Waals surface area contributed by atoms with Gasteiger partial charge in [-0.2, -0.15) is 0 Å². The van der Waals surface area contributed by atoms with Crippen molar-refractivity contribution in [2.45, 2.75) is 58.1 Å². The fourth-order valence-electron chi connectivity index (χ4n) is 2.91. The lowest BCUT2D eigenvalue weighted by molar-refractivity contribution is -0.140. The molecule has 0 bridgehead atoms. The molecule has 1 saturated carbocycles. The molecule has 1 fully saturated rings. The molecule has 7 nitrogen and oxygen atoms in total. The summed E-state index contributed by atoms with van der Waals surface area (Å²) in [4.78, 5) is 22.9. The van der Waals surface area contributed by atoms with Gasteiger partial charge in [-0.15, -0.1) is 0 Å². The Bertz CT molecular complexity index is 701. The highest BCUT2D eigenvalue weighted by molar-refractivity contribution is 5.74. The second-order valence-corrected chi connectivity index (χ2v) is 8.24. The minimum absolute atomic E-state index is 0.190. The van der Waals surface area contributed by atoms with Gasteiger partial charge in [0.25, 0.3) is 0 Å². The maximum Gasteiger partial charge on any atom is 0.407 e. The number of ether oxygens (including phenoxy) is 2. The summed E-state index contributed by atoms with van der Waals surface area (Å²) in [6.07, 6.45) is 2.62. The van der Waals surface area contributed by atoms with Gasteiger partial charge in [0.2, 0.25) is 0 Å². The van der Waals surface area contributed by atoms with E-state index in [1.54, 1.807) is 26.8 Å². The molecule has 1 aliphatic rings. The van der Waals surface area contributed by atoms with Gasteiger partial charge in [-0.25, -0.2) is 9.18 Å². The molecule has 1 aromatic carbocycles. The second-order valence-electron chi connectivity index (χ2n) is 8.24. The molecule has 1 atom stereocenters. The molecule has 1 aliphatic carbocycles. The molecular formula is C21H31FN2O5. The Balaban J connectivity index is 1.76. The summed E-state index contributed by atoms with van der Waals surface area (Å²) in [5.41, 5.74) is 0.282. The van der Waals surface area contributed by atoms with Crippen molar-refractivity contribution < 1.29 is 28.6 Å². The average molecular weight is 410 g/mol. The van der Waals surface area contributed by atoms with Crippen LogP contribution in [0.25, 0.3) is 0 Å². The number of carboxylic acid groups (broad SMARTS) is 1. The van der Waals surface area contributed by atoms with E-state index in [2.05, 4.69) is 10.6 Å². The number of carbonyl (C=O) groups excluding carboxylic acids is 1. The van der Waals surface area contributed by atoms with E-state index in [0.717, 1.165) is 18.4 Å². The number of halogens is 1. The molecule has 0 aliphatic heterocycles. The summed E-state index contributed by atoms with van der Waals surface area (Å²) in [6, 6.07) is 3.81. The normalized spacial score (nSPS) is 14.9. The number of amides is 1. The largest absolute Gasteiger partial charge is 0.492 e. The number of rotatable bonds is 11. The van der Waals surface area contributed by atoms with Crippen LogP contribution in [-0.4, -0.2) is 48.5 Å². The van der Waals surface area contributed by atoms with Gasteiger partial charge in [0.05, 0.1) is 0 Å². The van der Waals surface area contributed by atoms with Crippen LogP contribution in [0.3, 0.4) is 0 Å². The van der Waals surface area contributed by atoms with Crippen LogP contribution in [0.2, 0.25) is 0 Å². The van der Waals surface area contributed by atoms with Crippen molar-refractivity contribution in [3.8, 4) is 5.75 Å². The van der Waals surface area contributed by atoms with Crippen molar-refractivity contribution in [2.24, 2.45) is 5.92 Å². The molecule has 0 unspecified atom stereocenters. The maximum atomic E-state index is 13.6. The minimum atomic E-state index is -0.851. The van der Waals surface area contributed by atoms with Crippen LogP contribution >= 0.6 is 0 Å². The standard InChI is InChI=1S/C21H31FN2O5/c1-21(2,3)29-20(27)24-10-4-5-14-8-9-16(22)13-17(14)28-12-11-23-18(19(25)26)15-6-7-15/h8-9,13,15,18,23H,4-7,10-12H2,1-3H3,(H,24,27)(H,25,26)/t18-/m0/s1. The highest BCUT2D eigenvalue weighted by Crippen LogP contribution is 2.32. The first kappa shape index (κ1) is 22.9. The number of aryl methyl sites for hydroxylation is 1. The molecule has 1 amide bonds. The molecule has 2 rings (SSSR count). The van der Waals surface area contributed by atoms with E-state index in [1.807, 2.05) is 0 Å². The number of benzene rings is 1. The van der Waals surface area contributed by atoms with Crippen molar-refractivity contribution in [1.82, 2.24) is 10.6 Å². The summed E-state index contributed by atoms with van der Waals surface area (Å²) in [5.74, 6) is -0.626. The van der Waals surface area contributed by atoms with Gasteiger partial charge < -0.3 is 25.2 Å². The first-order valence-corrected chi connectivity index (χ1v) is 10.00. The van der Waals surface area contributed by atoms with Gasteiger partial charge in [0.1, 0.15) is 29.8 Å². The lowest BCUT2D eigenvalue weighted by atomic mass is 10.1. The third-order valence-electron chi connectivity index (χ3n) is 4.40. The first-order valence-electron chi connectivity index (χ1n) is 10.00. The number of nitrogens with one attached hydrogen (secondary N) is 2. The van der Waals surface area contributed by atoms with E-state index in [9.17, 15) is 19.1 Å². The highest BCUT2D eigenvalue weighted by atomic mass is 19.1. The van der Waals surface area contributed by atoms with E-state index >= 15 is 0 Å². The maximum absolute atomic E-state index is 13.6. The second kappa shape index (κ2) is 10.4. The van der Waals surface area contributed by atoms with Crippen LogP contribution in [0.4, 0.5) is 9.18 Å². The summed E-state index contributed by atoms with van der Waals surface area (Å²) in [7, 11) is 0. The Labute approximate surface area is 171 Å². The number of carbonyl (C=O) groups is 2. The van der Waals surface area contributed by atoms with E-state index in [4.69, 9.17) is 9.47 Å². The zero-order chi connectivity index (χ0) is 21.4. The fraction of sp³-hybridized carbons (Fsp3) is 0.619. The molecule has 1 aromatic rings. The Hall–Kier alpha value is -2.35. The fourth-order valence-corrected chi connectivity index (χ4v) is 2.91. The third-order valence-corrected chi connectivity index (χ3v) is 4.40. The Kier molecular flexibility index (Phi) is 8.25. The SMILES string of the molecule is CC(C)(C)OC(=O)NCCCc1ccc(F)cc1OCCN[C@H](C(=O)O)C1CC1. The lowest BCUT2D eigenvalue weighted by Crippen LogP contribution is -2.40. The van der Waals surface area contributed by atoms with Crippen molar-refractivity contribution in [3.63, 3.8) is 0 Å². The Morgan fingerprint density at radius 3 is 2.62 bits per heavy atom. The van der Waals surface area contributed by atoms with Crippen molar-refractivity contribution in [2.75, 3.05) is 19.7 Å². The molecule has 0 saturated heterocycles. The topological polar surface area (TPSA) is 96.9 Å². The number of hydrogen-bond donors (Lipinski definition) is 3. The number of carboxylic acids is 1. The molecule has 0 radical (unpaired) electrons. The molecule has 3 N–H and O–H groups in total. The molecule has 0 spiro atoms. The van der Waals surface area contributed by atoms with Crippen LogP contribution < -0.4 is 15.4 Å². The van der Waals surface area contributed by atoms with Gasteiger partial charge in [0.15, 0.2) is 0 Å². The van der Waals surface area contributed by atoms with Gasteiger partial charge in [0, 0.05) is 19.2 Å². The predicted octanol–water partition coefficient (Wildman–Crippen LogP) is 3.11. The molecule has 29 heavy (non-hydrogen) atoms. The molecule has 0 heterocycles. The smallest absolute Gasteiger partial charge is 0.407 e. The molecule has 162 valence electrons. The van der Waals surface area contributed by atoms with Gasteiger partial charge in [-0.3, -0.25) is 4.79 Å². The van der Waals surface area contributed by atoms with E-state index < -0.39 is 29.5 Å². The van der Waals surface area contributed by atoms with Crippen LogP contribution in [0.15, 0.2) is 18.2 Å². The van der Waals surface area contributed by atoms with Crippen molar-refractivity contribution in [3.05, 3.63) is 29.6 Å². The minimum Gasteiger partial charge on any atom is -0.492 e. The number of hydrogen-bond acceptors (Lipinski definition) is 5. The van der Waals surface area contributed by atoms with E-state index in [-0.39, 0.29) is 12.5 Å². The number of aliphatic carboxylic acids is 1. The Morgan fingerprint density at radius 2 is 2.00 bits per heavy atom. The van der Waals surface area contributed by atoms with Crippen LogP contribution in [0.1, 0.15) is 45.6 Å². The Morgan fingerprint density at radius 1 is 1.28 bits per heavy atom. The number of alkyl carbamates (subject to hydrolysis) is 1. The molecular weight excluding hydrogens is 379 g/mol. The highest BCUT2D eigenvalue weighted by Gasteiger charge is 2.35. The summed E-state index contributed by atoms with van der Waals surface area (Å²) < 4.78 is 24.5. The first-order chi connectivity index (χ1) is 13.7. The molecule has 0 aromatic heterocycles. The van der Waals surface area contributed by atoms with Crippen molar-refractivity contribution in [1.29, 1.82) is 0 Å². The van der Waals surface area contributed by atoms with Crippen molar-refractivity contribution >= 4 is 12.1 Å². The van der Waals surface area contributed by atoms with Gasteiger partial charge in [-0.05, 0) is 64.0 Å². The predicted molar refractivity (Wildman–Crippen MR) is 107 cm³/mol. The molecule has 8 heteroatoms. The lowest BCUT2D eigenvalue weighted by Gasteiger charge is -2.19. The third kappa shape index (κ3) is 8.68. The van der Waals surface area contributed by atoms with Crippen LogP contribution in [0, 0.1) is 11.7 Å². The summed E-state index contributed by atoms with van der Waals surface area (Å²) in [5, 5.41) is 14.9. The van der Waals surface area contributed by atoms with Crippen LogP contribution in [0.5, 0.6) is 5.75 Å². The van der Waals surface area contributed by atoms with Crippen LogP contribution in [-0.2, 0) is 16.0 Å². The average Bonchev–Trinajstić information content (AvgIpc) is 3.43. The summed E-state index contributed by atoms with van der Waals surface area (Å²) in [6.45, 7) is 6.42. The van der Waals surface area contributed by atoms with E-state index in [0.29, 0.717) is 31.7 Å². The monoisotopic (exact) mass is 410 g/mol. The zero-order valence-corrected chi connectivity index (χ0v) is 17.3. The zero-order valence-electron chi connectivity index (χ0n) is 17.3. The van der Waals surface area contributed by atoms with Gasteiger partial charge in [-0.1, -0.05) is 6.07 Å². The van der Waals surface area contributed by atoms with Gasteiger partial charge >= 0.3 is 12.1 Å². The quantitative estimate of drug-likeness (QED) is 0.485. The van der Waals surface area contributed by atoms with E-state index in [1.165, 1.54) is 12.1 Å².